The maximum absolute atomic E-state index is 12.6. The van der Waals surface area contributed by atoms with Crippen LogP contribution >= 0.6 is 11.3 Å². The number of hydrogen-bond acceptors (Lipinski definition) is 6. The van der Waals surface area contributed by atoms with Crippen LogP contribution < -0.4 is 5.32 Å². The van der Waals surface area contributed by atoms with Crippen molar-refractivity contribution in [2.45, 2.75) is 52.6 Å². The van der Waals surface area contributed by atoms with Crippen molar-refractivity contribution in [2.24, 2.45) is 0 Å². The molecule has 1 aliphatic rings. The largest absolute Gasteiger partial charge is 0.465 e. The molecule has 0 aliphatic heterocycles. The summed E-state index contributed by atoms with van der Waals surface area (Å²) in [6.45, 7) is 5.80. The Morgan fingerprint density at radius 2 is 2.11 bits per heavy atom. The number of thiophene rings is 1. The zero-order valence-electron chi connectivity index (χ0n) is 17.0. The molecule has 1 amide bonds. The van der Waals surface area contributed by atoms with Crippen molar-refractivity contribution in [3.63, 3.8) is 0 Å². The van der Waals surface area contributed by atoms with Gasteiger partial charge in [-0.1, -0.05) is 0 Å². The number of aryl methyl sites for hydroxylation is 2. The van der Waals surface area contributed by atoms with E-state index in [1.807, 2.05) is 29.7 Å². The summed E-state index contributed by atoms with van der Waals surface area (Å²) in [4.78, 5) is 28.1. The number of fused-ring (bicyclic) bond motifs is 1. The fourth-order valence-electron chi connectivity index (χ4n) is 3.69. The van der Waals surface area contributed by atoms with Gasteiger partial charge in [-0.15, -0.1) is 11.3 Å². The van der Waals surface area contributed by atoms with Gasteiger partial charge in [0.1, 0.15) is 5.00 Å². The fourth-order valence-corrected chi connectivity index (χ4v) is 4.98. The lowest BCUT2D eigenvalue weighted by Gasteiger charge is -2.16. The average molecular weight is 405 g/mol. The van der Waals surface area contributed by atoms with E-state index in [0.717, 1.165) is 49.0 Å². The van der Waals surface area contributed by atoms with Gasteiger partial charge in [-0.2, -0.15) is 5.10 Å². The number of nitrogens with one attached hydrogen (secondary N) is 1. The third kappa shape index (κ3) is 4.28. The Bertz CT molecular complexity index is 871. The number of rotatable bonds is 7. The third-order valence-corrected chi connectivity index (χ3v) is 6.38. The minimum atomic E-state index is -0.370. The number of likely N-dealkylation sites (N-methyl/N-ethyl adjacent to an activating group) is 1. The molecule has 0 saturated carbocycles. The second-order valence-electron chi connectivity index (χ2n) is 7.20. The van der Waals surface area contributed by atoms with E-state index in [0.29, 0.717) is 17.1 Å². The second-order valence-corrected chi connectivity index (χ2v) is 8.30. The van der Waals surface area contributed by atoms with Crippen LogP contribution in [0.1, 0.15) is 51.8 Å². The molecule has 7 nitrogen and oxygen atoms in total. The zero-order chi connectivity index (χ0) is 20.3. The smallest absolute Gasteiger partial charge is 0.341 e. The van der Waals surface area contributed by atoms with Crippen molar-refractivity contribution in [1.29, 1.82) is 0 Å². The SMILES string of the molecule is CCn1ncc(CN(C)CC(=O)Nc2sc3c(c2C(=O)OC)CCCC3)c1C. The van der Waals surface area contributed by atoms with Crippen molar-refractivity contribution in [1.82, 2.24) is 14.7 Å². The van der Waals surface area contributed by atoms with E-state index in [2.05, 4.69) is 17.3 Å². The maximum atomic E-state index is 12.6. The maximum Gasteiger partial charge on any atom is 0.341 e. The molecule has 0 fully saturated rings. The molecule has 8 heteroatoms. The highest BCUT2D eigenvalue weighted by atomic mass is 32.1. The van der Waals surface area contributed by atoms with Gasteiger partial charge in [0.15, 0.2) is 0 Å². The van der Waals surface area contributed by atoms with Gasteiger partial charge in [0.25, 0.3) is 0 Å². The van der Waals surface area contributed by atoms with E-state index in [1.54, 1.807) is 0 Å². The van der Waals surface area contributed by atoms with Gasteiger partial charge in [0.05, 0.1) is 25.4 Å². The molecule has 0 aromatic carbocycles. The minimum absolute atomic E-state index is 0.133. The Labute approximate surface area is 169 Å². The highest BCUT2D eigenvalue weighted by Crippen LogP contribution is 2.38. The Kier molecular flexibility index (Phi) is 6.51. The van der Waals surface area contributed by atoms with Crippen LogP contribution in [0.3, 0.4) is 0 Å². The summed E-state index contributed by atoms with van der Waals surface area (Å²) in [5, 5.41) is 7.92. The lowest BCUT2D eigenvalue weighted by Crippen LogP contribution is -2.30. The number of ether oxygens (including phenoxy) is 1. The second kappa shape index (κ2) is 8.87. The lowest BCUT2D eigenvalue weighted by atomic mass is 9.95. The molecule has 0 bridgehead atoms. The molecule has 1 N–H and O–H groups in total. The van der Waals surface area contributed by atoms with Crippen LogP contribution in [-0.4, -0.2) is 47.3 Å². The predicted octanol–water partition coefficient (Wildman–Crippen LogP) is 3.01. The van der Waals surface area contributed by atoms with Crippen LogP contribution in [0.2, 0.25) is 0 Å². The first-order valence-electron chi connectivity index (χ1n) is 9.67. The molecule has 0 radical (unpaired) electrons. The van der Waals surface area contributed by atoms with E-state index in [9.17, 15) is 9.59 Å². The third-order valence-electron chi connectivity index (χ3n) is 5.17. The van der Waals surface area contributed by atoms with Crippen LogP contribution in [0, 0.1) is 6.92 Å². The summed E-state index contributed by atoms with van der Waals surface area (Å²) >= 11 is 1.51. The number of methoxy groups -OCH3 is 1. The van der Waals surface area contributed by atoms with Gasteiger partial charge in [-0.3, -0.25) is 14.4 Å². The number of amides is 1. The Morgan fingerprint density at radius 1 is 1.36 bits per heavy atom. The van der Waals surface area contributed by atoms with Gasteiger partial charge in [-0.05, 0) is 52.1 Å². The van der Waals surface area contributed by atoms with Crippen molar-refractivity contribution < 1.29 is 14.3 Å². The van der Waals surface area contributed by atoms with Crippen LogP contribution in [0.25, 0.3) is 0 Å². The molecule has 3 rings (SSSR count). The molecule has 2 aromatic rings. The molecule has 0 saturated heterocycles. The molecule has 0 atom stereocenters. The van der Waals surface area contributed by atoms with Gasteiger partial charge in [0, 0.05) is 29.2 Å². The fraction of sp³-hybridized carbons (Fsp3) is 0.550. The summed E-state index contributed by atoms with van der Waals surface area (Å²) in [6.07, 6.45) is 5.87. The van der Waals surface area contributed by atoms with E-state index in [1.165, 1.54) is 23.3 Å². The molecule has 152 valence electrons. The number of hydrogen-bond donors (Lipinski definition) is 1. The number of nitrogens with zero attached hydrogens (tertiary/aromatic N) is 3. The molecule has 0 spiro atoms. The lowest BCUT2D eigenvalue weighted by molar-refractivity contribution is -0.117. The van der Waals surface area contributed by atoms with E-state index in [4.69, 9.17) is 4.74 Å². The Hall–Kier alpha value is -2.19. The van der Waals surface area contributed by atoms with Gasteiger partial charge in [-0.25, -0.2) is 4.79 Å². The highest BCUT2D eigenvalue weighted by Gasteiger charge is 2.27. The van der Waals surface area contributed by atoms with Crippen LogP contribution in [0.5, 0.6) is 0 Å². The van der Waals surface area contributed by atoms with Crippen molar-refractivity contribution in [3.8, 4) is 0 Å². The number of aromatic nitrogens is 2. The molecule has 0 unspecified atom stereocenters. The summed E-state index contributed by atoms with van der Waals surface area (Å²) in [5.74, 6) is -0.502. The topological polar surface area (TPSA) is 76.5 Å². The average Bonchev–Trinajstić information content (AvgIpc) is 3.20. The van der Waals surface area contributed by atoms with E-state index >= 15 is 0 Å². The predicted molar refractivity (Wildman–Crippen MR) is 110 cm³/mol. The van der Waals surface area contributed by atoms with Crippen molar-refractivity contribution in [2.75, 3.05) is 26.0 Å². The highest BCUT2D eigenvalue weighted by molar-refractivity contribution is 7.17. The van der Waals surface area contributed by atoms with Gasteiger partial charge >= 0.3 is 5.97 Å². The van der Waals surface area contributed by atoms with Crippen LogP contribution in [0.15, 0.2) is 6.20 Å². The van der Waals surface area contributed by atoms with Gasteiger partial charge < -0.3 is 10.1 Å². The number of carbonyl (C=O) groups excluding carboxylic acids is 2. The summed E-state index contributed by atoms with van der Waals surface area (Å²) < 4.78 is 6.91. The van der Waals surface area contributed by atoms with Crippen molar-refractivity contribution in [3.05, 3.63) is 33.5 Å². The van der Waals surface area contributed by atoms with Gasteiger partial charge in [0.2, 0.25) is 5.91 Å². The minimum Gasteiger partial charge on any atom is -0.465 e. The number of carbonyl (C=O) groups is 2. The standard InChI is InChI=1S/C20H28N4O3S/c1-5-24-13(2)14(10-21-24)11-23(3)12-17(25)22-19-18(20(26)27-4)15-8-6-7-9-16(15)28-19/h10H,5-9,11-12H2,1-4H3,(H,22,25). The molecule has 1 aliphatic carbocycles. The van der Waals surface area contributed by atoms with Crippen LogP contribution in [-0.2, 0) is 35.5 Å². The van der Waals surface area contributed by atoms with E-state index < -0.39 is 0 Å². The first-order chi connectivity index (χ1) is 13.4. The molecular formula is C20H28N4O3S. The molecule has 28 heavy (non-hydrogen) atoms. The summed E-state index contributed by atoms with van der Waals surface area (Å²) in [5.41, 5.74) is 3.82. The molecule has 2 heterocycles. The normalized spacial score (nSPS) is 13.5. The summed E-state index contributed by atoms with van der Waals surface area (Å²) in [7, 11) is 3.29. The Morgan fingerprint density at radius 3 is 2.79 bits per heavy atom. The first-order valence-corrected chi connectivity index (χ1v) is 10.5. The molecular weight excluding hydrogens is 376 g/mol. The summed E-state index contributed by atoms with van der Waals surface area (Å²) in [6, 6.07) is 0. The monoisotopic (exact) mass is 404 g/mol. The van der Waals surface area contributed by atoms with Crippen LogP contribution in [0.4, 0.5) is 5.00 Å². The van der Waals surface area contributed by atoms with E-state index in [-0.39, 0.29) is 18.4 Å². The number of esters is 1. The van der Waals surface area contributed by atoms with Crippen molar-refractivity contribution >= 4 is 28.2 Å². The molecule has 2 aromatic heterocycles. The first kappa shape index (κ1) is 20.5. The number of anilines is 1. The Balaban J connectivity index is 1.68. The quantitative estimate of drug-likeness (QED) is 0.718. The zero-order valence-corrected chi connectivity index (χ0v) is 17.8.